The van der Waals surface area contributed by atoms with E-state index in [-0.39, 0.29) is 6.10 Å². The minimum atomic E-state index is 0.165. The number of morpholine rings is 1. The summed E-state index contributed by atoms with van der Waals surface area (Å²) in [7, 11) is 0. The van der Waals surface area contributed by atoms with Gasteiger partial charge in [0.25, 0.3) is 0 Å². The number of hydrogen-bond acceptors (Lipinski definition) is 8. The second-order valence-electron chi connectivity index (χ2n) is 8.28. The van der Waals surface area contributed by atoms with Gasteiger partial charge in [0.1, 0.15) is 11.9 Å². The zero-order valence-electron chi connectivity index (χ0n) is 18.4. The van der Waals surface area contributed by atoms with Gasteiger partial charge in [-0.3, -0.25) is 0 Å². The van der Waals surface area contributed by atoms with Gasteiger partial charge in [0.05, 0.1) is 13.2 Å². The third kappa shape index (κ3) is 4.91. The molecule has 32 heavy (non-hydrogen) atoms. The molecule has 5 rings (SSSR count). The first kappa shape index (κ1) is 21.3. The van der Waals surface area contributed by atoms with Crippen molar-refractivity contribution in [2.75, 3.05) is 42.8 Å². The monoisotopic (exact) mass is 451 g/mol. The van der Waals surface area contributed by atoms with Crippen LogP contribution in [-0.4, -0.2) is 59.7 Å². The molecule has 1 aliphatic heterocycles. The predicted molar refractivity (Wildman–Crippen MR) is 129 cm³/mol. The Bertz CT molecular complexity index is 1040. The molecule has 0 amide bonds. The molecule has 1 aromatic carbocycles. The summed E-state index contributed by atoms with van der Waals surface area (Å²) in [6.45, 7) is 3.20. The summed E-state index contributed by atoms with van der Waals surface area (Å²) in [5.41, 5.74) is 0. The lowest BCUT2D eigenvalue weighted by Gasteiger charge is -2.31. The topological polar surface area (TPSA) is 72.4 Å². The molecule has 2 aliphatic rings. The fraction of sp³-hybridized carbons (Fsp3) is 0.458. The van der Waals surface area contributed by atoms with Gasteiger partial charge in [0, 0.05) is 41.8 Å². The Balaban J connectivity index is 1.33. The Morgan fingerprint density at radius 3 is 2.59 bits per heavy atom. The number of pyridine rings is 1. The number of benzene rings is 1. The molecule has 0 bridgehead atoms. The molecule has 3 heterocycles. The first-order valence-electron chi connectivity index (χ1n) is 11.3. The quantitative estimate of drug-likeness (QED) is 0.554. The molecule has 2 aromatic heterocycles. The lowest BCUT2D eigenvalue weighted by molar-refractivity contribution is 0.122. The van der Waals surface area contributed by atoms with E-state index in [9.17, 15) is 0 Å². The zero-order valence-corrected chi connectivity index (χ0v) is 19.2. The molecular formula is C24H29N5O2S. The summed E-state index contributed by atoms with van der Waals surface area (Å²) >= 11 is 1.74. The predicted octanol–water partition coefficient (Wildman–Crippen LogP) is 4.39. The molecule has 0 atom stereocenters. The molecule has 7 nitrogen and oxygen atoms in total. The van der Waals surface area contributed by atoms with Crippen LogP contribution >= 0.6 is 11.8 Å². The number of thioether (sulfide) groups is 1. The van der Waals surface area contributed by atoms with Crippen molar-refractivity contribution in [3.05, 3.63) is 42.7 Å². The SMILES string of the molecule is CSc1ccc2cc(N3CCOCC3)nc(O[C@H]3CC[C@@H](Nc4ncccn4)CC3)c2c1. The highest BCUT2D eigenvalue weighted by atomic mass is 32.2. The fourth-order valence-corrected chi connectivity index (χ4v) is 4.83. The zero-order chi connectivity index (χ0) is 21.8. The highest BCUT2D eigenvalue weighted by molar-refractivity contribution is 7.98. The summed E-state index contributed by atoms with van der Waals surface area (Å²) in [4.78, 5) is 17.1. The molecule has 1 aliphatic carbocycles. The van der Waals surface area contributed by atoms with Crippen LogP contribution in [0.3, 0.4) is 0 Å². The summed E-state index contributed by atoms with van der Waals surface area (Å²) in [6.07, 6.45) is 9.83. The molecule has 1 saturated heterocycles. The summed E-state index contributed by atoms with van der Waals surface area (Å²) in [6, 6.07) is 10.9. The van der Waals surface area contributed by atoms with Crippen molar-refractivity contribution in [1.29, 1.82) is 0 Å². The number of aromatic nitrogens is 3. The average molecular weight is 452 g/mol. The van der Waals surface area contributed by atoms with E-state index in [2.05, 4.69) is 50.7 Å². The highest BCUT2D eigenvalue weighted by Gasteiger charge is 2.25. The Morgan fingerprint density at radius 1 is 1.06 bits per heavy atom. The van der Waals surface area contributed by atoms with Gasteiger partial charge < -0.3 is 19.7 Å². The minimum absolute atomic E-state index is 0.165. The van der Waals surface area contributed by atoms with Crippen LogP contribution in [0.4, 0.5) is 11.8 Å². The van der Waals surface area contributed by atoms with E-state index in [1.165, 1.54) is 10.3 Å². The molecule has 168 valence electrons. The van der Waals surface area contributed by atoms with Crippen molar-refractivity contribution in [1.82, 2.24) is 15.0 Å². The number of nitrogens with zero attached hydrogens (tertiary/aromatic N) is 4. The lowest BCUT2D eigenvalue weighted by atomic mass is 9.93. The van der Waals surface area contributed by atoms with Crippen LogP contribution in [0.15, 0.2) is 47.6 Å². The van der Waals surface area contributed by atoms with Crippen LogP contribution in [-0.2, 0) is 4.74 Å². The fourth-order valence-electron chi connectivity index (χ4n) is 4.39. The first-order chi connectivity index (χ1) is 15.8. The maximum Gasteiger partial charge on any atom is 0.223 e. The maximum atomic E-state index is 6.56. The molecule has 1 saturated carbocycles. The normalized spacial score (nSPS) is 21.5. The van der Waals surface area contributed by atoms with Crippen molar-refractivity contribution in [2.24, 2.45) is 0 Å². The van der Waals surface area contributed by atoms with Crippen molar-refractivity contribution < 1.29 is 9.47 Å². The molecule has 8 heteroatoms. The third-order valence-corrected chi connectivity index (χ3v) is 6.90. The number of fused-ring (bicyclic) bond motifs is 1. The summed E-state index contributed by atoms with van der Waals surface area (Å²) in [5, 5.41) is 5.71. The standard InChI is InChI=1S/C24H29N5O2S/c1-32-20-8-3-17-15-22(29-11-13-30-14-12-29)28-23(21(17)16-20)31-19-6-4-18(5-7-19)27-24-25-9-2-10-26-24/h2-3,8-10,15-16,18-19H,4-7,11-14H2,1H3,(H,25,26,27)/t18-,19+. The van der Waals surface area contributed by atoms with Crippen LogP contribution in [0, 0.1) is 0 Å². The average Bonchev–Trinajstić information content (AvgIpc) is 2.86. The maximum absolute atomic E-state index is 6.56. The van der Waals surface area contributed by atoms with Crippen molar-refractivity contribution in [2.45, 2.75) is 42.7 Å². The van der Waals surface area contributed by atoms with Gasteiger partial charge in [0.15, 0.2) is 0 Å². The van der Waals surface area contributed by atoms with Gasteiger partial charge in [-0.1, -0.05) is 6.07 Å². The van der Waals surface area contributed by atoms with Crippen molar-refractivity contribution in [3.8, 4) is 5.88 Å². The van der Waals surface area contributed by atoms with Crippen LogP contribution in [0.25, 0.3) is 10.8 Å². The molecule has 0 spiro atoms. The third-order valence-electron chi connectivity index (χ3n) is 6.18. The van der Waals surface area contributed by atoms with Crippen molar-refractivity contribution >= 4 is 34.3 Å². The number of rotatable bonds is 6. The van der Waals surface area contributed by atoms with Gasteiger partial charge in [-0.25, -0.2) is 9.97 Å². The Labute approximate surface area is 192 Å². The lowest BCUT2D eigenvalue weighted by Crippen LogP contribution is -2.37. The smallest absolute Gasteiger partial charge is 0.223 e. The van der Waals surface area contributed by atoms with Gasteiger partial charge in [0.2, 0.25) is 11.8 Å². The summed E-state index contributed by atoms with van der Waals surface area (Å²) in [5.74, 6) is 2.43. The Kier molecular flexibility index (Phi) is 6.59. The Hall–Kier alpha value is -2.58. The molecule has 1 N–H and O–H groups in total. The van der Waals surface area contributed by atoms with E-state index in [1.54, 1.807) is 24.2 Å². The number of nitrogens with one attached hydrogen (secondary N) is 1. The number of anilines is 2. The molecule has 2 fully saturated rings. The van der Waals surface area contributed by atoms with E-state index in [0.29, 0.717) is 12.0 Å². The second kappa shape index (κ2) is 9.92. The number of hydrogen-bond donors (Lipinski definition) is 1. The Morgan fingerprint density at radius 2 is 1.84 bits per heavy atom. The van der Waals surface area contributed by atoms with E-state index < -0.39 is 0 Å². The van der Waals surface area contributed by atoms with E-state index >= 15 is 0 Å². The highest BCUT2D eigenvalue weighted by Crippen LogP contribution is 2.34. The van der Waals surface area contributed by atoms with E-state index in [1.807, 2.05) is 6.07 Å². The van der Waals surface area contributed by atoms with Gasteiger partial charge >= 0.3 is 0 Å². The number of ether oxygens (including phenoxy) is 2. The molecule has 0 radical (unpaired) electrons. The van der Waals surface area contributed by atoms with Gasteiger partial charge in [-0.15, -0.1) is 11.8 Å². The van der Waals surface area contributed by atoms with Crippen LogP contribution < -0.4 is 15.0 Å². The molecular weight excluding hydrogens is 422 g/mol. The molecule has 3 aromatic rings. The van der Waals surface area contributed by atoms with Crippen LogP contribution in [0.2, 0.25) is 0 Å². The first-order valence-corrected chi connectivity index (χ1v) is 12.5. The van der Waals surface area contributed by atoms with E-state index in [4.69, 9.17) is 14.5 Å². The van der Waals surface area contributed by atoms with Gasteiger partial charge in [-0.05, 0) is 61.6 Å². The summed E-state index contributed by atoms with van der Waals surface area (Å²) < 4.78 is 12.1. The van der Waals surface area contributed by atoms with E-state index in [0.717, 1.165) is 69.1 Å². The minimum Gasteiger partial charge on any atom is -0.474 e. The van der Waals surface area contributed by atoms with Gasteiger partial charge in [-0.2, -0.15) is 4.98 Å². The molecule has 0 unspecified atom stereocenters. The second-order valence-corrected chi connectivity index (χ2v) is 9.16. The van der Waals surface area contributed by atoms with Crippen LogP contribution in [0.1, 0.15) is 25.7 Å². The van der Waals surface area contributed by atoms with Crippen LogP contribution in [0.5, 0.6) is 5.88 Å². The largest absolute Gasteiger partial charge is 0.474 e. The van der Waals surface area contributed by atoms with Crippen molar-refractivity contribution in [3.63, 3.8) is 0 Å².